The highest BCUT2D eigenvalue weighted by molar-refractivity contribution is 7.10. The van der Waals surface area contributed by atoms with Gasteiger partial charge in [0.15, 0.2) is 0 Å². The minimum Gasteiger partial charge on any atom is -0.395 e. The molecule has 2 bridgehead atoms. The molecule has 114 valence electrons. The predicted octanol–water partition coefficient (Wildman–Crippen LogP) is 3.35. The molecule has 1 aromatic rings. The molecular weight excluding hydrogens is 278 g/mol. The van der Waals surface area contributed by atoms with Crippen molar-refractivity contribution in [3.05, 3.63) is 21.9 Å². The maximum absolute atomic E-state index is 8.74. The largest absolute Gasteiger partial charge is 0.395 e. The quantitative estimate of drug-likeness (QED) is 0.843. The van der Waals surface area contributed by atoms with Crippen molar-refractivity contribution in [2.45, 2.75) is 38.6 Å². The Balaban J connectivity index is 1.49. The fourth-order valence-corrected chi connectivity index (χ4v) is 4.98. The van der Waals surface area contributed by atoms with Crippen molar-refractivity contribution >= 4 is 11.3 Å². The molecule has 2 saturated carbocycles. The molecular formula is C18H25NOS. The summed E-state index contributed by atoms with van der Waals surface area (Å²) in [5.74, 6) is 9.11. The van der Waals surface area contributed by atoms with Gasteiger partial charge in [-0.15, -0.1) is 11.3 Å². The zero-order valence-electron chi connectivity index (χ0n) is 12.8. The van der Waals surface area contributed by atoms with Crippen molar-refractivity contribution in [1.82, 2.24) is 4.90 Å². The first-order valence-corrected chi connectivity index (χ1v) is 8.98. The van der Waals surface area contributed by atoms with E-state index in [1.807, 2.05) is 0 Å². The van der Waals surface area contributed by atoms with Crippen LogP contribution in [-0.2, 0) is 6.54 Å². The van der Waals surface area contributed by atoms with Crippen molar-refractivity contribution in [3.63, 3.8) is 0 Å². The number of fused-ring (bicyclic) bond motifs is 2. The number of thiophene rings is 1. The van der Waals surface area contributed by atoms with E-state index in [-0.39, 0.29) is 6.61 Å². The van der Waals surface area contributed by atoms with Gasteiger partial charge >= 0.3 is 0 Å². The molecule has 0 aliphatic heterocycles. The summed E-state index contributed by atoms with van der Waals surface area (Å²) in [6.45, 7) is 2.45. The maximum atomic E-state index is 8.74. The molecule has 1 N–H and O–H groups in total. The monoisotopic (exact) mass is 303 g/mol. The van der Waals surface area contributed by atoms with Gasteiger partial charge < -0.3 is 10.0 Å². The fraction of sp³-hybridized carbons (Fsp3) is 0.667. The van der Waals surface area contributed by atoms with Crippen LogP contribution >= 0.6 is 11.3 Å². The molecule has 2 fully saturated rings. The van der Waals surface area contributed by atoms with E-state index in [1.165, 1.54) is 37.1 Å². The van der Waals surface area contributed by atoms with E-state index in [0.717, 1.165) is 29.9 Å². The van der Waals surface area contributed by atoms with E-state index in [9.17, 15) is 0 Å². The van der Waals surface area contributed by atoms with Crippen molar-refractivity contribution in [2.75, 3.05) is 20.2 Å². The van der Waals surface area contributed by atoms with Crippen LogP contribution in [0.15, 0.2) is 11.4 Å². The van der Waals surface area contributed by atoms with E-state index in [2.05, 4.69) is 35.2 Å². The SMILES string of the molecule is CN(Cc1cc(C#CCCO)cs1)CC1CC2CCC1C2. The molecule has 3 rings (SSSR count). The van der Waals surface area contributed by atoms with Crippen molar-refractivity contribution < 1.29 is 5.11 Å². The summed E-state index contributed by atoms with van der Waals surface area (Å²) in [6.07, 6.45) is 6.51. The topological polar surface area (TPSA) is 23.5 Å². The first-order valence-electron chi connectivity index (χ1n) is 8.10. The summed E-state index contributed by atoms with van der Waals surface area (Å²) < 4.78 is 0. The van der Waals surface area contributed by atoms with Gasteiger partial charge in [0, 0.05) is 35.3 Å². The van der Waals surface area contributed by atoms with Crippen LogP contribution in [0.25, 0.3) is 0 Å². The first-order chi connectivity index (χ1) is 10.2. The normalized spacial score (nSPS) is 27.1. The third-order valence-corrected chi connectivity index (χ3v) is 5.90. The van der Waals surface area contributed by atoms with Crippen LogP contribution < -0.4 is 0 Å². The van der Waals surface area contributed by atoms with Crippen molar-refractivity contribution in [1.29, 1.82) is 0 Å². The van der Waals surface area contributed by atoms with Gasteiger partial charge in [-0.25, -0.2) is 0 Å². The number of aliphatic hydroxyl groups excluding tert-OH is 1. The second kappa shape index (κ2) is 6.96. The highest BCUT2D eigenvalue weighted by Gasteiger charge is 2.39. The number of hydrogen-bond donors (Lipinski definition) is 1. The summed E-state index contributed by atoms with van der Waals surface area (Å²) >= 11 is 1.80. The van der Waals surface area contributed by atoms with Crippen LogP contribution in [0.5, 0.6) is 0 Å². The number of nitrogens with zero attached hydrogens (tertiary/aromatic N) is 1. The lowest BCUT2D eigenvalue weighted by Gasteiger charge is -2.26. The van der Waals surface area contributed by atoms with Crippen LogP contribution in [0.1, 0.15) is 42.5 Å². The molecule has 2 aliphatic rings. The molecule has 3 unspecified atom stereocenters. The number of hydrogen-bond acceptors (Lipinski definition) is 3. The fourth-order valence-electron chi connectivity index (χ4n) is 4.08. The Hall–Kier alpha value is -0.820. The van der Waals surface area contributed by atoms with Crippen LogP contribution in [0.3, 0.4) is 0 Å². The molecule has 0 amide bonds. The smallest absolute Gasteiger partial charge is 0.0540 e. The van der Waals surface area contributed by atoms with E-state index in [0.29, 0.717) is 6.42 Å². The minimum atomic E-state index is 0.149. The number of rotatable bonds is 5. The van der Waals surface area contributed by atoms with Gasteiger partial charge in [-0.3, -0.25) is 0 Å². The molecule has 1 heterocycles. The van der Waals surface area contributed by atoms with Gasteiger partial charge in [0.25, 0.3) is 0 Å². The van der Waals surface area contributed by atoms with E-state index >= 15 is 0 Å². The third kappa shape index (κ3) is 3.88. The third-order valence-electron chi connectivity index (χ3n) is 4.98. The molecule has 0 radical (unpaired) electrons. The summed E-state index contributed by atoms with van der Waals surface area (Å²) in [7, 11) is 2.25. The Morgan fingerprint density at radius 1 is 1.38 bits per heavy atom. The molecule has 3 atom stereocenters. The molecule has 2 nitrogen and oxygen atoms in total. The summed E-state index contributed by atoms with van der Waals surface area (Å²) in [5.41, 5.74) is 1.09. The van der Waals surface area contributed by atoms with E-state index in [4.69, 9.17) is 5.11 Å². The molecule has 2 aliphatic carbocycles. The minimum absolute atomic E-state index is 0.149. The molecule has 3 heteroatoms. The molecule has 0 spiro atoms. The van der Waals surface area contributed by atoms with Gasteiger partial charge in [-0.2, -0.15) is 0 Å². The second-order valence-corrected chi connectivity index (χ2v) is 7.70. The summed E-state index contributed by atoms with van der Waals surface area (Å²) in [4.78, 5) is 3.89. The van der Waals surface area contributed by atoms with Gasteiger partial charge in [0.05, 0.1) is 6.61 Å². The molecule has 0 aromatic carbocycles. The molecule has 0 saturated heterocycles. The lowest BCUT2D eigenvalue weighted by atomic mass is 9.88. The van der Waals surface area contributed by atoms with Crippen molar-refractivity contribution in [2.24, 2.45) is 17.8 Å². The average molecular weight is 303 g/mol. The predicted molar refractivity (Wildman–Crippen MR) is 88.2 cm³/mol. The Bertz CT molecular complexity index is 527. The number of aliphatic hydroxyl groups is 1. The second-order valence-electron chi connectivity index (χ2n) is 6.71. The van der Waals surface area contributed by atoms with E-state index in [1.54, 1.807) is 11.3 Å². The summed E-state index contributed by atoms with van der Waals surface area (Å²) in [6, 6.07) is 2.20. The van der Waals surface area contributed by atoms with E-state index < -0.39 is 0 Å². The van der Waals surface area contributed by atoms with Crippen LogP contribution in [0, 0.1) is 29.6 Å². The zero-order valence-corrected chi connectivity index (χ0v) is 13.7. The Labute approximate surface area is 132 Å². The highest BCUT2D eigenvalue weighted by atomic mass is 32.1. The Kier molecular flexibility index (Phi) is 5.00. The molecule has 21 heavy (non-hydrogen) atoms. The van der Waals surface area contributed by atoms with Gasteiger partial charge in [0.2, 0.25) is 0 Å². The van der Waals surface area contributed by atoms with Gasteiger partial charge in [0.1, 0.15) is 0 Å². The van der Waals surface area contributed by atoms with Crippen molar-refractivity contribution in [3.8, 4) is 11.8 Å². The highest BCUT2D eigenvalue weighted by Crippen LogP contribution is 2.48. The van der Waals surface area contributed by atoms with Crippen LogP contribution in [0.4, 0.5) is 0 Å². The van der Waals surface area contributed by atoms with Crippen LogP contribution in [-0.4, -0.2) is 30.2 Å². The zero-order chi connectivity index (χ0) is 14.7. The lowest BCUT2D eigenvalue weighted by Crippen LogP contribution is -2.28. The Morgan fingerprint density at radius 2 is 2.29 bits per heavy atom. The van der Waals surface area contributed by atoms with Gasteiger partial charge in [-0.05, 0) is 50.1 Å². The lowest BCUT2D eigenvalue weighted by molar-refractivity contribution is 0.216. The standard InChI is InChI=1S/C18H25NOS/c1-19(11-17-9-14-5-6-16(17)8-14)12-18-10-15(13-21-18)4-2-3-7-20/h10,13-14,16-17,20H,3,5-9,11-12H2,1H3. The average Bonchev–Trinajstić information content (AvgIpc) is 3.16. The summed E-state index contributed by atoms with van der Waals surface area (Å²) in [5, 5.41) is 10.9. The Morgan fingerprint density at radius 3 is 3.00 bits per heavy atom. The van der Waals surface area contributed by atoms with Crippen LogP contribution in [0.2, 0.25) is 0 Å². The van der Waals surface area contributed by atoms with Gasteiger partial charge in [-0.1, -0.05) is 18.3 Å². The first kappa shape index (κ1) is 15.1. The maximum Gasteiger partial charge on any atom is 0.0540 e. The molecule has 1 aromatic heterocycles.